The average molecular weight is 942 g/mol. The van der Waals surface area contributed by atoms with Gasteiger partial charge >= 0.3 is 6.09 Å². The molecule has 68 heavy (non-hydrogen) atoms. The van der Waals surface area contributed by atoms with E-state index in [0.717, 1.165) is 63.8 Å². The standard InChI is InChI=1S/C54H59N3O10S/c1-3-30-65-54-50(56(36-39-17-13-16-37-14-7-8-20-44(37)39)53(60)66-41-24-22-40(23-25-41)57(61)62)35-48(55-63-2)46-33-38(15-9-11-28-58)45(21-10-12-29-59)51(52(46)54)47-34-42(26-27-49(47)67-54)64-31-32-68-43-18-5-4-6-19-43/h3-8,13-14,16-20,22-27,33-34,38,45,50-52,58-59H,1,9-12,15,21,28-32,35-36H2,2H3/t38-,45+,50-,51+,52+,54+/m0/s1. The highest BCUT2D eigenvalue weighted by Crippen LogP contribution is 2.62. The first-order valence-corrected chi connectivity index (χ1v) is 24.4. The zero-order valence-electron chi connectivity index (χ0n) is 38.3. The molecular formula is C54H59N3O10S. The molecule has 5 aromatic carbocycles. The third-order valence-corrected chi connectivity index (χ3v) is 14.3. The van der Waals surface area contributed by atoms with Gasteiger partial charge in [-0.25, -0.2) is 4.79 Å². The van der Waals surface area contributed by atoms with Crippen molar-refractivity contribution in [2.24, 2.45) is 22.9 Å². The Kier molecular flexibility index (Phi) is 16.1. The number of amides is 1. The summed E-state index contributed by atoms with van der Waals surface area (Å²) in [6.45, 7) is 4.83. The molecule has 6 atom stereocenters. The number of nitro groups is 1. The van der Waals surface area contributed by atoms with Crippen LogP contribution < -0.4 is 14.2 Å². The number of non-ortho nitro benzene ring substituents is 1. The number of benzene rings is 5. The fourth-order valence-electron chi connectivity index (χ4n) is 10.4. The summed E-state index contributed by atoms with van der Waals surface area (Å²) < 4.78 is 27.2. The van der Waals surface area contributed by atoms with Gasteiger partial charge in [0.05, 0.1) is 36.3 Å². The predicted octanol–water partition coefficient (Wildman–Crippen LogP) is 10.9. The van der Waals surface area contributed by atoms with Gasteiger partial charge in [0.15, 0.2) is 0 Å². The van der Waals surface area contributed by atoms with E-state index in [-0.39, 0.29) is 62.0 Å². The molecule has 2 aliphatic carbocycles. The fraction of sp³-hybridized carbons (Fsp3) is 0.370. The van der Waals surface area contributed by atoms with E-state index in [9.17, 15) is 20.3 Å². The lowest BCUT2D eigenvalue weighted by Crippen LogP contribution is -2.70. The molecule has 5 aromatic rings. The van der Waals surface area contributed by atoms with Gasteiger partial charge in [0, 0.05) is 53.9 Å². The van der Waals surface area contributed by atoms with E-state index in [1.54, 1.807) is 22.7 Å². The molecule has 1 aliphatic heterocycles. The monoisotopic (exact) mass is 941 g/mol. The number of carbonyl (C=O) groups excluding carboxylic acids is 1. The lowest BCUT2D eigenvalue weighted by molar-refractivity contribution is -0.384. The van der Waals surface area contributed by atoms with Gasteiger partial charge < -0.3 is 34.0 Å². The largest absolute Gasteiger partial charge is 0.493 e. The van der Waals surface area contributed by atoms with Crippen LogP contribution in [0, 0.1) is 27.9 Å². The number of hydrogen-bond donors (Lipinski definition) is 2. The number of nitro benzene ring substituents is 1. The summed E-state index contributed by atoms with van der Waals surface area (Å²) in [5.41, 5.74) is 3.19. The van der Waals surface area contributed by atoms with Gasteiger partial charge in [-0.15, -0.1) is 18.3 Å². The van der Waals surface area contributed by atoms with Crippen LogP contribution in [0.15, 0.2) is 150 Å². The second-order valence-corrected chi connectivity index (χ2v) is 18.5. The Balaban J connectivity index is 1.29. The maximum absolute atomic E-state index is 15.2. The fourth-order valence-corrected chi connectivity index (χ4v) is 11.1. The summed E-state index contributed by atoms with van der Waals surface area (Å²) in [6.07, 6.45) is 7.83. The Morgan fingerprint density at radius 2 is 1.68 bits per heavy atom. The molecule has 0 unspecified atom stereocenters. The van der Waals surface area contributed by atoms with Crippen LogP contribution in [0.4, 0.5) is 10.5 Å². The number of nitrogens with zero attached hydrogens (tertiary/aromatic N) is 3. The summed E-state index contributed by atoms with van der Waals surface area (Å²) in [7, 11) is 1.51. The highest BCUT2D eigenvalue weighted by Gasteiger charge is 2.65. The van der Waals surface area contributed by atoms with Crippen LogP contribution in [0.1, 0.15) is 62.0 Å². The van der Waals surface area contributed by atoms with E-state index in [2.05, 4.69) is 30.9 Å². The molecular weight excluding hydrogens is 883 g/mol. The minimum absolute atomic E-state index is 0.00774. The highest BCUT2D eigenvalue weighted by atomic mass is 32.2. The van der Waals surface area contributed by atoms with Crippen LogP contribution in [0.25, 0.3) is 10.8 Å². The zero-order valence-corrected chi connectivity index (χ0v) is 39.1. The lowest BCUT2D eigenvalue weighted by atomic mass is 9.55. The number of hydrogen-bond acceptors (Lipinski definition) is 12. The molecule has 356 valence electrons. The minimum Gasteiger partial charge on any atom is -0.493 e. The number of oxime groups is 1. The first kappa shape index (κ1) is 48.3. The van der Waals surface area contributed by atoms with Crippen LogP contribution in [-0.4, -0.2) is 83.0 Å². The summed E-state index contributed by atoms with van der Waals surface area (Å²) in [5, 5.41) is 38.2. The Hall–Kier alpha value is -6.19. The molecule has 13 nitrogen and oxygen atoms in total. The van der Waals surface area contributed by atoms with E-state index in [0.29, 0.717) is 36.7 Å². The molecule has 2 N–H and O–H groups in total. The van der Waals surface area contributed by atoms with Gasteiger partial charge in [0.25, 0.3) is 5.69 Å². The van der Waals surface area contributed by atoms with Crippen molar-refractivity contribution in [2.75, 3.05) is 39.3 Å². The number of carbonyl (C=O) groups is 1. The zero-order chi connectivity index (χ0) is 47.5. The first-order chi connectivity index (χ1) is 33.3. The van der Waals surface area contributed by atoms with Crippen molar-refractivity contribution < 1.29 is 43.7 Å². The summed E-state index contributed by atoms with van der Waals surface area (Å²) in [6, 6.07) is 34.6. The predicted molar refractivity (Wildman–Crippen MR) is 263 cm³/mol. The van der Waals surface area contributed by atoms with Gasteiger partial charge in [0.2, 0.25) is 5.79 Å². The van der Waals surface area contributed by atoms with Crippen LogP contribution in [0.2, 0.25) is 0 Å². The van der Waals surface area contributed by atoms with E-state index >= 15 is 4.79 Å². The summed E-state index contributed by atoms with van der Waals surface area (Å²) in [5.74, 6) is -0.157. The number of aliphatic hydroxyl groups excluding tert-OH is 2. The average Bonchev–Trinajstić information content (AvgIpc) is 3.36. The van der Waals surface area contributed by atoms with Crippen molar-refractivity contribution >= 4 is 40.0 Å². The van der Waals surface area contributed by atoms with Gasteiger partial charge in [-0.05, 0) is 102 Å². The van der Waals surface area contributed by atoms with Crippen molar-refractivity contribution in [3.63, 3.8) is 0 Å². The third kappa shape index (κ3) is 10.6. The third-order valence-electron chi connectivity index (χ3n) is 13.3. The molecule has 0 radical (unpaired) electrons. The van der Waals surface area contributed by atoms with Crippen LogP contribution in [0.3, 0.4) is 0 Å². The topological polar surface area (TPSA) is 162 Å². The second-order valence-electron chi connectivity index (χ2n) is 17.4. The van der Waals surface area contributed by atoms with Crippen molar-refractivity contribution in [1.82, 2.24) is 4.90 Å². The highest BCUT2D eigenvalue weighted by molar-refractivity contribution is 7.99. The molecule has 1 saturated carbocycles. The Labute approximate surface area is 401 Å². The molecule has 8 rings (SSSR count). The van der Waals surface area contributed by atoms with E-state index < -0.39 is 28.8 Å². The van der Waals surface area contributed by atoms with Crippen LogP contribution in [-0.2, 0) is 16.1 Å². The Morgan fingerprint density at radius 3 is 2.43 bits per heavy atom. The number of unbranched alkanes of at least 4 members (excludes halogenated alkanes) is 2. The number of rotatable bonds is 22. The van der Waals surface area contributed by atoms with Crippen molar-refractivity contribution in [3.05, 3.63) is 161 Å². The van der Waals surface area contributed by atoms with Crippen molar-refractivity contribution in [2.45, 2.75) is 74.1 Å². The van der Waals surface area contributed by atoms with Crippen LogP contribution >= 0.6 is 11.8 Å². The number of ether oxygens (including phenoxy) is 4. The minimum atomic E-state index is -1.55. The number of fused-ring (bicyclic) bond motifs is 3. The van der Waals surface area contributed by atoms with Crippen molar-refractivity contribution in [1.29, 1.82) is 0 Å². The molecule has 14 heteroatoms. The SMILES string of the molecule is C=CCO[C@@]12Oc3ccc(OCCSc4ccccc4)cc3[C@H]3[C@H](CCCCO)[C@@H](CCCCO)C=C(C(=NOC)C[C@@H]1N(Cc1cccc4ccccc14)C(=O)Oc1ccc([N+](=O)[O-])cc1)[C@H]32. The molecule has 1 heterocycles. The second kappa shape index (κ2) is 22.7. The maximum Gasteiger partial charge on any atom is 0.416 e. The molecule has 0 spiro atoms. The van der Waals surface area contributed by atoms with Gasteiger partial charge in [-0.3, -0.25) is 15.0 Å². The molecule has 1 fully saturated rings. The van der Waals surface area contributed by atoms with Gasteiger partial charge in [0.1, 0.15) is 30.4 Å². The van der Waals surface area contributed by atoms with Crippen molar-refractivity contribution in [3.8, 4) is 17.2 Å². The quantitative estimate of drug-likeness (QED) is 0.0223. The lowest BCUT2D eigenvalue weighted by Gasteiger charge is -2.59. The van der Waals surface area contributed by atoms with E-state index in [4.69, 9.17) is 28.9 Å². The Morgan fingerprint density at radius 1 is 0.941 bits per heavy atom. The molecule has 1 amide bonds. The van der Waals surface area contributed by atoms with E-state index in [1.807, 2.05) is 72.8 Å². The number of thioether (sulfide) groups is 1. The normalized spacial score (nSPS) is 22.0. The summed E-state index contributed by atoms with van der Waals surface area (Å²) in [4.78, 5) is 34.7. The molecule has 3 aliphatic rings. The van der Waals surface area contributed by atoms with Gasteiger partial charge in [-0.1, -0.05) is 90.8 Å². The summed E-state index contributed by atoms with van der Waals surface area (Å²) >= 11 is 1.72. The molecule has 0 bridgehead atoms. The van der Waals surface area contributed by atoms with Gasteiger partial charge in [-0.2, -0.15) is 0 Å². The Bertz CT molecular complexity index is 2580. The van der Waals surface area contributed by atoms with Crippen LogP contribution in [0.5, 0.6) is 17.2 Å². The maximum atomic E-state index is 15.2. The number of aliphatic hydroxyl groups is 2. The molecule has 0 aromatic heterocycles. The number of allylic oxidation sites excluding steroid dienone is 1. The first-order valence-electron chi connectivity index (χ1n) is 23.4. The smallest absolute Gasteiger partial charge is 0.416 e. The molecule has 0 saturated heterocycles. The van der Waals surface area contributed by atoms with E-state index in [1.165, 1.54) is 31.4 Å².